The maximum atomic E-state index is 15.0. The molecule has 2 aromatic rings. The highest BCUT2D eigenvalue weighted by Gasteiger charge is 2.37. The van der Waals surface area contributed by atoms with E-state index < -0.39 is 6.09 Å². The number of amides is 1. The van der Waals surface area contributed by atoms with Gasteiger partial charge in [-0.15, -0.1) is 0 Å². The third-order valence-electron chi connectivity index (χ3n) is 7.28. The van der Waals surface area contributed by atoms with Gasteiger partial charge in [0.25, 0.3) is 0 Å². The van der Waals surface area contributed by atoms with Gasteiger partial charge in [-0.05, 0) is 51.4 Å². The minimum atomic E-state index is -0.400. The minimum Gasteiger partial charge on any atom is -0.447 e. The van der Waals surface area contributed by atoms with E-state index in [4.69, 9.17) is 4.74 Å². The number of nitrogens with zero attached hydrogens (tertiary/aromatic N) is 5. The van der Waals surface area contributed by atoms with E-state index in [1.807, 2.05) is 32.9 Å². The Labute approximate surface area is 207 Å². The zero-order chi connectivity index (χ0) is 25.3. The summed E-state index contributed by atoms with van der Waals surface area (Å²) in [6, 6.07) is 6.82. The number of cyclic esters (lactones) is 1. The van der Waals surface area contributed by atoms with Gasteiger partial charge < -0.3 is 10.1 Å². The summed E-state index contributed by atoms with van der Waals surface area (Å²) in [6.07, 6.45) is 1.21. The number of halogens is 1. The van der Waals surface area contributed by atoms with Crippen molar-refractivity contribution in [2.75, 3.05) is 43.5 Å². The smallest absolute Gasteiger partial charge is 0.415 e. The number of nitrogens with one attached hydrogen (secondary N) is 1. The van der Waals surface area contributed by atoms with Gasteiger partial charge in [-0.1, -0.05) is 26.0 Å². The molecule has 2 atom stereocenters. The maximum Gasteiger partial charge on any atom is 0.415 e. The zero-order valence-electron chi connectivity index (χ0n) is 21.6. The van der Waals surface area contributed by atoms with Gasteiger partial charge in [0.2, 0.25) is 5.95 Å². The molecule has 0 spiro atoms. The van der Waals surface area contributed by atoms with Crippen LogP contribution in [0.25, 0.3) is 0 Å². The van der Waals surface area contributed by atoms with Gasteiger partial charge in [0.15, 0.2) is 0 Å². The maximum absolute atomic E-state index is 15.0. The van der Waals surface area contributed by atoms with E-state index in [0.717, 1.165) is 25.2 Å². The van der Waals surface area contributed by atoms with Crippen LogP contribution >= 0.6 is 0 Å². The zero-order valence-corrected chi connectivity index (χ0v) is 21.6. The lowest BCUT2D eigenvalue weighted by atomic mass is 9.99. The van der Waals surface area contributed by atoms with Gasteiger partial charge in [0.1, 0.15) is 18.2 Å². The molecule has 1 aromatic carbocycles. The largest absolute Gasteiger partial charge is 0.447 e. The second-order valence-electron chi connectivity index (χ2n) is 10.7. The fourth-order valence-corrected chi connectivity index (χ4v) is 4.70. The van der Waals surface area contributed by atoms with Crippen molar-refractivity contribution < 1.29 is 13.9 Å². The lowest BCUT2D eigenvalue weighted by molar-refractivity contribution is 0.0355. The fraction of sp³-hybridized carbons (Fsp3) is 0.577. The number of aromatic nitrogens is 2. The summed E-state index contributed by atoms with van der Waals surface area (Å²) < 4.78 is 20.3. The number of ether oxygens (including phenoxy) is 1. The van der Waals surface area contributed by atoms with Crippen molar-refractivity contribution >= 4 is 17.9 Å². The molecule has 1 N–H and O–H groups in total. The first-order valence-electron chi connectivity index (χ1n) is 12.3. The van der Waals surface area contributed by atoms with Crippen LogP contribution in [-0.4, -0.2) is 70.7 Å². The minimum absolute atomic E-state index is 0.0721. The summed E-state index contributed by atoms with van der Waals surface area (Å²) in [7, 11) is 2.14. The third-order valence-corrected chi connectivity index (χ3v) is 7.28. The van der Waals surface area contributed by atoms with E-state index in [-0.39, 0.29) is 29.4 Å². The van der Waals surface area contributed by atoms with Gasteiger partial charge in [-0.2, -0.15) is 4.98 Å². The number of rotatable bonds is 7. The van der Waals surface area contributed by atoms with Crippen molar-refractivity contribution in [2.24, 2.45) is 5.92 Å². The van der Waals surface area contributed by atoms with Crippen molar-refractivity contribution in [3.8, 4) is 0 Å². The van der Waals surface area contributed by atoms with Crippen LogP contribution in [0.15, 0.2) is 30.5 Å². The van der Waals surface area contributed by atoms with Crippen molar-refractivity contribution in [1.82, 2.24) is 19.8 Å². The molecular weight excluding hydrogens is 447 g/mol. The number of piperazine rings is 1. The van der Waals surface area contributed by atoms with E-state index in [1.54, 1.807) is 23.2 Å². The molecule has 9 heteroatoms. The average Bonchev–Trinajstić information content (AvgIpc) is 3.19. The summed E-state index contributed by atoms with van der Waals surface area (Å²) in [4.78, 5) is 27.4. The van der Waals surface area contributed by atoms with Gasteiger partial charge >= 0.3 is 6.09 Å². The molecular formula is C26H37FN6O2. The van der Waals surface area contributed by atoms with Gasteiger partial charge in [0, 0.05) is 43.5 Å². The number of benzene rings is 1. The monoisotopic (exact) mass is 484 g/mol. The normalized spacial score (nSPS) is 21.9. The van der Waals surface area contributed by atoms with Gasteiger partial charge in [0.05, 0.1) is 12.1 Å². The Hall–Kier alpha value is -2.78. The summed E-state index contributed by atoms with van der Waals surface area (Å²) in [6.45, 7) is 14.2. The van der Waals surface area contributed by atoms with Crippen LogP contribution in [0.1, 0.15) is 51.8 Å². The van der Waals surface area contributed by atoms with Crippen LogP contribution < -0.4 is 10.2 Å². The van der Waals surface area contributed by atoms with Crippen LogP contribution in [0, 0.1) is 11.7 Å². The fourth-order valence-electron chi connectivity index (χ4n) is 4.70. The molecule has 2 fully saturated rings. The first kappa shape index (κ1) is 25.3. The summed E-state index contributed by atoms with van der Waals surface area (Å²) in [5, 5.41) is 3.24. The molecule has 0 aliphatic carbocycles. The standard InChI is InChI=1S/C26H37FN6O2/c1-17(2)22-15-35-25(34)33(22)23-9-10-28-24(30-23)29-18(3)19-7-8-20(21(27)13-19)14-32-12-11-31(6)26(4,5)16-32/h7-10,13,17-18,22H,11-12,14-16H2,1-6H3,(H,28,29,30)/t18-,22?/m0/s1. The molecule has 0 radical (unpaired) electrons. The van der Waals surface area contributed by atoms with Crippen molar-refractivity contribution in [1.29, 1.82) is 0 Å². The van der Waals surface area contributed by atoms with E-state index in [0.29, 0.717) is 30.5 Å². The molecule has 4 rings (SSSR count). The van der Waals surface area contributed by atoms with Crippen molar-refractivity contribution in [3.05, 3.63) is 47.4 Å². The first-order valence-corrected chi connectivity index (χ1v) is 12.3. The Morgan fingerprint density at radius 2 is 2.00 bits per heavy atom. The van der Waals surface area contributed by atoms with E-state index in [9.17, 15) is 4.79 Å². The molecule has 2 saturated heterocycles. The third kappa shape index (κ3) is 5.56. The second-order valence-corrected chi connectivity index (χ2v) is 10.7. The highest BCUT2D eigenvalue weighted by Crippen LogP contribution is 2.27. The Kier molecular flexibility index (Phi) is 7.28. The quantitative estimate of drug-likeness (QED) is 0.628. The average molecular weight is 485 g/mol. The number of hydrogen-bond donors (Lipinski definition) is 1. The highest BCUT2D eigenvalue weighted by molar-refractivity contribution is 5.89. The Balaban J connectivity index is 1.43. The Bertz CT molecular complexity index is 1060. The topological polar surface area (TPSA) is 73.8 Å². The molecule has 2 aliphatic rings. The molecule has 1 aromatic heterocycles. The molecule has 0 saturated carbocycles. The number of anilines is 2. The Morgan fingerprint density at radius 3 is 2.69 bits per heavy atom. The van der Waals surface area contributed by atoms with E-state index in [1.165, 1.54) is 0 Å². The number of likely N-dealkylation sites (N-methyl/N-ethyl adjacent to an activating group) is 1. The number of hydrogen-bond acceptors (Lipinski definition) is 7. The molecule has 190 valence electrons. The summed E-state index contributed by atoms with van der Waals surface area (Å²) >= 11 is 0. The molecule has 1 unspecified atom stereocenters. The first-order chi connectivity index (χ1) is 16.5. The SMILES string of the molecule is CC(C)C1COC(=O)N1c1ccnc(N[C@@H](C)c2ccc(CN3CCN(C)C(C)(C)C3)c(F)c2)n1. The van der Waals surface area contributed by atoms with Crippen LogP contribution in [0.5, 0.6) is 0 Å². The van der Waals surface area contributed by atoms with Crippen molar-refractivity contribution in [2.45, 2.75) is 58.8 Å². The lowest BCUT2D eigenvalue weighted by Gasteiger charge is -2.45. The molecule has 1 amide bonds. The number of carbonyl (C=O) groups excluding carboxylic acids is 1. The van der Waals surface area contributed by atoms with Crippen LogP contribution in [0.3, 0.4) is 0 Å². The predicted molar refractivity (Wildman–Crippen MR) is 135 cm³/mol. The van der Waals surface area contributed by atoms with E-state index >= 15 is 4.39 Å². The Morgan fingerprint density at radius 1 is 1.23 bits per heavy atom. The number of carbonyl (C=O) groups is 1. The molecule has 3 heterocycles. The molecule has 2 aliphatic heterocycles. The predicted octanol–water partition coefficient (Wildman–Crippen LogP) is 4.30. The highest BCUT2D eigenvalue weighted by atomic mass is 19.1. The van der Waals surface area contributed by atoms with Crippen molar-refractivity contribution in [3.63, 3.8) is 0 Å². The van der Waals surface area contributed by atoms with Crippen LogP contribution in [0.2, 0.25) is 0 Å². The molecule has 0 bridgehead atoms. The van der Waals surface area contributed by atoms with Crippen LogP contribution in [-0.2, 0) is 11.3 Å². The van der Waals surface area contributed by atoms with Gasteiger partial charge in [-0.25, -0.2) is 14.2 Å². The summed E-state index contributed by atoms with van der Waals surface area (Å²) in [5.41, 5.74) is 1.58. The second kappa shape index (κ2) is 10.1. The van der Waals surface area contributed by atoms with Gasteiger partial charge in [-0.3, -0.25) is 14.7 Å². The molecule has 8 nitrogen and oxygen atoms in total. The lowest BCUT2D eigenvalue weighted by Crippen LogP contribution is -2.57. The van der Waals surface area contributed by atoms with Crippen LogP contribution in [0.4, 0.5) is 21.0 Å². The van der Waals surface area contributed by atoms with E-state index in [2.05, 4.69) is 46.0 Å². The molecule has 35 heavy (non-hydrogen) atoms. The summed E-state index contributed by atoms with van der Waals surface area (Å²) in [5.74, 6) is 0.890.